The van der Waals surface area contributed by atoms with Crippen molar-refractivity contribution in [1.29, 1.82) is 0 Å². The Labute approximate surface area is 104 Å². The van der Waals surface area contributed by atoms with E-state index in [2.05, 4.69) is 19.6 Å². The molecule has 0 spiro atoms. The molecule has 0 aromatic carbocycles. The highest BCUT2D eigenvalue weighted by atomic mass is 28.3. The second-order valence-corrected chi connectivity index (χ2v) is 12.1. The molecule has 0 saturated heterocycles. The van der Waals surface area contributed by atoms with Gasteiger partial charge in [0.25, 0.3) is 0 Å². The number of aliphatic carboxylic acids is 1. The standard InChI is InChI=1S/C12H24O4Si/c1-12(2,8-10(13)14)9-11(15)16-6-7-17(3,4)5/h6-9H2,1-5H3,(H,13,14). The van der Waals surface area contributed by atoms with E-state index < -0.39 is 19.5 Å². The number of rotatable bonds is 7. The Balaban J connectivity index is 3.97. The number of hydrogen-bond donors (Lipinski definition) is 1. The van der Waals surface area contributed by atoms with Crippen LogP contribution >= 0.6 is 0 Å². The van der Waals surface area contributed by atoms with Crippen molar-refractivity contribution in [1.82, 2.24) is 0 Å². The van der Waals surface area contributed by atoms with Crippen LogP contribution in [0.3, 0.4) is 0 Å². The van der Waals surface area contributed by atoms with Gasteiger partial charge in [-0.25, -0.2) is 0 Å². The molecule has 100 valence electrons. The normalized spacial score (nSPS) is 12.3. The van der Waals surface area contributed by atoms with E-state index in [0.29, 0.717) is 6.61 Å². The van der Waals surface area contributed by atoms with Crippen LogP contribution in [0, 0.1) is 5.41 Å². The molecule has 0 heterocycles. The molecule has 5 heteroatoms. The van der Waals surface area contributed by atoms with Gasteiger partial charge in [0.05, 0.1) is 19.4 Å². The molecule has 0 rings (SSSR count). The zero-order valence-electron chi connectivity index (χ0n) is 11.5. The van der Waals surface area contributed by atoms with Gasteiger partial charge in [-0.3, -0.25) is 9.59 Å². The third-order valence-corrected chi connectivity index (χ3v) is 4.07. The minimum Gasteiger partial charge on any atom is -0.481 e. The Morgan fingerprint density at radius 1 is 1.18 bits per heavy atom. The Kier molecular flexibility index (Phi) is 5.88. The number of ether oxygens (including phenoxy) is 1. The summed E-state index contributed by atoms with van der Waals surface area (Å²) in [6.07, 6.45) is 0.140. The van der Waals surface area contributed by atoms with E-state index in [4.69, 9.17) is 9.84 Å². The van der Waals surface area contributed by atoms with Crippen molar-refractivity contribution >= 4 is 20.0 Å². The number of carbonyl (C=O) groups excluding carboxylic acids is 1. The quantitative estimate of drug-likeness (QED) is 0.564. The van der Waals surface area contributed by atoms with Gasteiger partial charge in [0, 0.05) is 8.07 Å². The Morgan fingerprint density at radius 3 is 2.12 bits per heavy atom. The Bertz CT molecular complexity index is 279. The van der Waals surface area contributed by atoms with Gasteiger partial charge in [-0.15, -0.1) is 0 Å². The van der Waals surface area contributed by atoms with Crippen molar-refractivity contribution in [3.05, 3.63) is 0 Å². The highest BCUT2D eigenvalue weighted by molar-refractivity contribution is 6.76. The molecular formula is C12H24O4Si. The van der Waals surface area contributed by atoms with E-state index in [-0.39, 0.29) is 18.8 Å². The average molecular weight is 260 g/mol. The lowest BCUT2D eigenvalue weighted by molar-refractivity contribution is -0.147. The molecule has 0 aliphatic rings. The monoisotopic (exact) mass is 260 g/mol. The number of carboxylic acids is 1. The van der Waals surface area contributed by atoms with Crippen molar-refractivity contribution in [3.8, 4) is 0 Å². The van der Waals surface area contributed by atoms with E-state index in [9.17, 15) is 9.59 Å². The number of hydrogen-bond acceptors (Lipinski definition) is 3. The molecule has 0 saturated carbocycles. The van der Waals surface area contributed by atoms with Crippen molar-refractivity contribution in [2.75, 3.05) is 6.61 Å². The first-order chi connectivity index (χ1) is 7.52. The summed E-state index contributed by atoms with van der Waals surface area (Å²) in [4.78, 5) is 22.1. The summed E-state index contributed by atoms with van der Waals surface area (Å²) in [7, 11) is -1.18. The summed E-state index contributed by atoms with van der Waals surface area (Å²) < 4.78 is 5.14. The number of carboxylic acid groups (broad SMARTS) is 1. The van der Waals surface area contributed by atoms with Crippen molar-refractivity contribution in [2.24, 2.45) is 5.41 Å². The second-order valence-electron chi connectivity index (χ2n) is 6.44. The molecule has 4 nitrogen and oxygen atoms in total. The molecule has 0 aromatic heterocycles. The van der Waals surface area contributed by atoms with Gasteiger partial charge in [0.15, 0.2) is 0 Å². The molecular weight excluding hydrogens is 236 g/mol. The van der Waals surface area contributed by atoms with Crippen LogP contribution in [-0.4, -0.2) is 31.7 Å². The molecule has 0 aliphatic carbocycles. The van der Waals surface area contributed by atoms with Crippen LogP contribution in [0.1, 0.15) is 26.7 Å². The van der Waals surface area contributed by atoms with Crippen LogP contribution in [-0.2, 0) is 14.3 Å². The second kappa shape index (κ2) is 6.19. The lowest BCUT2D eigenvalue weighted by atomic mass is 9.86. The maximum absolute atomic E-state index is 11.5. The number of carbonyl (C=O) groups is 2. The molecule has 0 aromatic rings. The van der Waals surface area contributed by atoms with Gasteiger partial charge in [-0.1, -0.05) is 33.5 Å². The predicted molar refractivity (Wildman–Crippen MR) is 69.8 cm³/mol. The molecule has 1 N–H and O–H groups in total. The summed E-state index contributed by atoms with van der Waals surface area (Å²) in [6.45, 7) is 10.6. The van der Waals surface area contributed by atoms with Crippen LogP contribution < -0.4 is 0 Å². The summed E-state index contributed by atoms with van der Waals surface area (Å²) in [6, 6.07) is 0.943. The molecule has 0 amide bonds. The molecule has 0 fully saturated rings. The summed E-state index contributed by atoms with van der Waals surface area (Å²) in [5.41, 5.74) is -0.540. The molecule has 0 unspecified atom stereocenters. The van der Waals surface area contributed by atoms with Crippen LogP contribution in [0.4, 0.5) is 0 Å². The minimum absolute atomic E-state index is 0.0177. The Hall–Kier alpha value is -0.843. The van der Waals surface area contributed by atoms with Gasteiger partial charge in [-0.2, -0.15) is 0 Å². The van der Waals surface area contributed by atoms with Crippen molar-refractivity contribution in [3.63, 3.8) is 0 Å². The van der Waals surface area contributed by atoms with Gasteiger partial charge in [-0.05, 0) is 11.5 Å². The fraction of sp³-hybridized carbons (Fsp3) is 0.833. The lowest BCUT2D eigenvalue weighted by Crippen LogP contribution is -2.25. The first-order valence-electron chi connectivity index (χ1n) is 5.89. The third-order valence-electron chi connectivity index (χ3n) is 2.37. The first-order valence-corrected chi connectivity index (χ1v) is 9.60. The number of esters is 1. The van der Waals surface area contributed by atoms with Crippen LogP contribution in [0.25, 0.3) is 0 Å². The molecule has 0 atom stereocenters. The molecule has 0 radical (unpaired) electrons. The third kappa shape index (κ3) is 10.1. The van der Waals surface area contributed by atoms with Gasteiger partial charge >= 0.3 is 11.9 Å². The van der Waals surface area contributed by atoms with Gasteiger partial charge < -0.3 is 9.84 Å². The summed E-state index contributed by atoms with van der Waals surface area (Å²) in [5, 5.41) is 8.70. The smallest absolute Gasteiger partial charge is 0.306 e. The maximum atomic E-state index is 11.5. The van der Waals surface area contributed by atoms with Crippen molar-refractivity contribution < 1.29 is 19.4 Å². The predicted octanol–water partition coefficient (Wildman–Crippen LogP) is 2.76. The van der Waals surface area contributed by atoms with Crippen molar-refractivity contribution in [2.45, 2.75) is 52.4 Å². The highest BCUT2D eigenvalue weighted by Crippen LogP contribution is 2.25. The topological polar surface area (TPSA) is 63.6 Å². The fourth-order valence-electron chi connectivity index (χ4n) is 1.38. The van der Waals surface area contributed by atoms with Gasteiger partial charge in [0.1, 0.15) is 0 Å². The SMILES string of the molecule is CC(C)(CC(=O)O)CC(=O)OCC[Si](C)(C)C. The zero-order valence-corrected chi connectivity index (χ0v) is 12.5. The zero-order chi connectivity index (χ0) is 13.7. The van der Waals surface area contributed by atoms with Crippen LogP contribution in [0.15, 0.2) is 0 Å². The molecule has 0 bridgehead atoms. The highest BCUT2D eigenvalue weighted by Gasteiger charge is 2.26. The average Bonchev–Trinajstić information content (AvgIpc) is 1.95. The van der Waals surface area contributed by atoms with Gasteiger partial charge in [0.2, 0.25) is 0 Å². The van der Waals surface area contributed by atoms with Crippen LogP contribution in [0.2, 0.25) is 25.7 Å². The van der Waals surface area contributed by atoms with E-state index in [0.717, 1.165) is 6.04 Å². The van der Waals surface area contributed by atoms with Crippen LogP contribution in [0.5, 0.6) is 0 Å². The Morgan fingerprint density at radius 2 is 1.71 bits per heavy atom. The summed E-state index contributed by atoms with van der Waals surface area (Å²) >= 11 is 0. The van der Waals surface area contributed by atoms with E-state index in [1.165, 1.54) is 0 Å². The largest absolute Gasteiger partial charge is 0.481 e. The molecule has 0 aliphatic heterocycles. The first kappa shape index (κ1) is 16.2. The summed E-state index contributed by atoms with van der Waals surface area (Å²) in [5.74, 6) is -1.18. The van der Waals surface area contributed by atoms with E-state index in [1.807, 2.05) is 0 Å². The van der Waals surface area contributed by atoms with E-state index in [1.54, 1.807) is 13.8 Å². The maximum Gasteiger partial charge on any atom is 0.306 e. The fourth-order valence-corrected chi connectivity index (χ4v) is 2.10. The van der Waals surface area contributed by atoms with E-state index >= 15 is 0 Å². The minimum atomic E-state index is -1.18. The lowest BCUT2D eigenvalue weighted by Gasteiger charge is -2.21. The molecule has 17 heavy (non-hydrogen) atoms.